The molecule has 0 aromatic heterocycles. The molecule has 0 N–H and O–H groups in total. The summed E-state index contributed by atoms with van der Waals surface area (Å²) in [5, 5.41) is 0. The standard InChI is InChI=1S/C26H34N2O6/c1-7-17-13-21(31-3)23(33-5)15-19(17)25(29)27-9-11-28(12-10-27)26(30)20-16-24(34-6)22(32-4)14-18(20)8-2/h13-16H,7-12H2,1-6H3. The van der Waals surface area contributed by atoms with Gasteiger partial charge in [0.1, 0.15) is 0 Å². The van der Waals surface area contributed by atoms with Gasteiger partial charge in [0.25, 0.3) is 11.8 Å². The van der Waals surface area contributed by atoms with Gasteiger partial charge in [-0.2, -0.15) is 0 Å². The molecule has 1 saturated heterocycles. The number of aryl methyl sites for hydroxylation is 2. The molecule has 1 aliphatic rings. The van der Waals surface area contributed by atoms with Crippen molar-refractivity contribution in [2.45, 2.75) is 26.7 Å². The molecule has 0 unspecified atom stereocenters. The lowest BCUT2D eigenvalue weighted by atomic mass is 10.0. The van der Waals surface area contributed by atoms with Crippen molar-refractivity contribution in [2.75, 3.05) is 54.6 Å². The highest BCUT2D eigenvalue weighted by Crippen LogP contribution is 2.33. The Morgan fingerprint density at radius 1 is 0.618 bits per heavy atom. The summed E-state index contributed by atoms with van der Waals surface area (Å²) in [6.45, 7) is 5.83. The van der Waals surface area contributed by atoms with Gasteiger partial charge in [0, 0.05) is 37.3 Å². The molecule has 2 aromatic carbocycles. The number of nitrogens with zero attached hydrogens (tertiary/aromatic N) is 2. The predicted molar refractivity (Wildman–Crippen MR) is 130 cm³/mol. The second-order valence-corrected chi connectivity index (χ2v) is 8.02. The fourth-order valence-corrected chi connectivity index (χ4v) is 4.28. The van der Waals surface area contributed by atoms with Gasteiger partial charge < -0.3 is 28.7 Å². The van der Waals surface area contributed by atoms with Crippen molar-refractivity contribution in [3.8, 4) is 23.0 Å². The molecule has 184 valence electrons. The molecule has 0 saturated carbocycles. The number of carbonyl (C=O) groups excluding carboxylic acids is 2. The van der Waals surface area contributed by atoms with Crippen LogP contribution in [-0.2, 0) is 12.8 Å². The summed E-state index contributed by atoms with van der Waals surface area (Å²) in [6.07, 6.45) is 1.39. The zero-order valence-corrected chi connectivity index (χ0v) is 20.9. The number of rotatable bonds is 8. The molecule has 1 heterocycles. The van der Waals surface area contributed by atoms with Crippen LogP contribution >= 0.6 is 0 Å². The third-order valence-electron chi connectivity index (χ3n) is 6.30. The maximum atomic E-state index is 13.3. The molecule has 34 heavy (non-hydrogen) atoms. The summed E-state index contributed by atoms with van der Waals surface area (Å²) in [7, 11) is 6.27. The minimum atomic E-state index is -0.0646. The second-order valence-electron chi connectivity index (χ2n) is 8.02. The molecule has 0 spiro atoms. The van der Waals surface area contributed by atoms with E-state index in [2.05, 4.69) is 0 Å². The molecular weight excluding hydrogens is 436 g/mol. The average molecular weight is 471 g/mol. The summed E-state index contributed by atoms with van der Waals surface area (Å²) >= 11 is 0. The predicted octanol–water partition coefficient (Wildman–Crippen LogP) is 3.44. The normalized spacial score (nSPS) is 13.5. The Kier molecular flexibility index (Phi) is 8.26. The van der Waals surface area contributed by atoms with Gasteiger partial charge >= 0.3 is 0 Å². The van der Waals surface area contributed by atoms with Gasteiger partial charge in [-0.1, -0.05) is 13.8 Å². The Balaban J connectivity index is 1.77. The molecule has 8 nitrogen and oxygen atoms in total. The summed E-state index contributed by atoms with van der Waals surface area (Å²) in [5.41, 5.74) is 3.01. The van der Waals surface area contributed by atoms with Crippen LogP contribution in [0.1, 0.15) is 45.7 Å². The molecule has 1 aliphatic heterocycles. The van der Waals surface area contributed by atoms with Gasteiger partial charge in [-0.15, -0.1) is 0 Å². The van der Waals surface area contributed by atoms with E-state index >= 15 is 0 Å². The summed E-state index contributed by atoms with van der Waals surface area (Å²) < 4.78 is 21.6. The van der Waals surface area contributed by atoms with E-state index in [1.807, 2.05) is 26.0 Å². The SMILES string of the molecule is CCc1cc(OC)c(OC)cc1C(=O)N1CCN(C(=O)c2cc(OC)c(OC)cc2CC)CC1. The maximum absolute atomic E-state index is 13.3. The lowest BCUT2D eigenvalue weighted by molar-refractivity contribution is 0.0534. The van der Waals surface area contributed by atoms with Crippen LogP contribution in [0.4, 0.5) is 0 Å². The van der Waals surface area contributed by atoms with Crippen LogP contribution in [0.3, 0.4) is 0 Å². The number of hydrogen-bond acceptors (Lipinski definition) is 6. The van der Waals surface area contributed by atoms with Gasteiger partial charge in [-0.25, -0.2) is 0 Å². The first-order valence-electron chi connectivity index (χ1n) is 11.5. The minimum Gasteiger partial charge on any atom is -0.493 e. The number of benzene rings is 2. The van der Waals surface area contributed by atoms with E-state index in [1.54, 1.807) is 50.4 Å². The molecule has 0 atom stereocenters. The van der Waals surface area contributed by atoms with Gasteiger partial charge in [0.15, 0.2) is 23.0 Å². The number of carbonyl (C=O) groups is 2. The number of methoxy groups -OCH3 is 4. The van der Waals surface area contributed by atoms with E-state index in [1.165, 1.54) is 0 Å². The molecule has 1 fully saturated rings. The zero-order chi connectivity index (χ0) is 24.8. The first kappa shape index (κ1) is 25.2. The fraction of sp³-hybridized carbons (Fsp3) is 0.462. The molecule has 8 heteroatoms. The van der Waals surface area contributed by atoms with E-state index in [0.717, 1.165) is 11.1 Å². The Morgan fingerprint density at radius 3 is 1.18 bits per heavy atom. The maximum Gasteiger partial charge on any atom is 0.254 e. The van der Waals surface area contributed by atoms with Crippen molar-refractivity contribution in [3.63, 3.8) is 0 Å². The average Bonchev–Trinajstić information content (AvgIpc) is 2.90. The largest absolute Gasteiger partial charge is 0.493 e. The van der Waals surface area contributed by atoms with Crippen molar-refractivity contribution in [2.24, 2.45) is 0 Å². The fourth-order valence-electron chi connectivity index (χ4n) is 4.28. The lowest BCUT2D eigenvalue weighted by Gasteiger charge is -2.35. The van der Waals surface area contributed by atoms with E-state index in [4.69, 9.17) is 18.9 Å². The van der Waals surface area contributed by atoms with E-state index in [-0.39, 0.29) is 11.8 Å². The third kappa shape index (κ3) is 4.90. The highest BCUT2D eigenvalue weighted by atomic mass is 16.5. The highest BCUT2D eigenvalue weighted by Gasteiger charge is 2.29. The monoisotopic (exact) mass is 470 g/mol. The van der Waals surface area contributed by atoms with Crippen LogP contribution in [0.5, 0.6) is 23.0 Å². The van der Waals surface area contributed by atoms with E-state index in [0.29, 0.717) is 73.1 Å². The first-order valence-corrected chi connectivity index (χ1v) is 11.5. The van der Waals surface area contributed by atoms with E-state index < -0.39 is 0 Å². The highest BCUT2D eigenvalue weighted by molar-refractivity contribution is 5.98. The van der Waals surface area contributed by atoms with Crippen LogP contribution in [0, 0.1) is 0 Å². The minimum absolute atomic E-state index is 0.0646. The Hall–Kier alpha value is -3.42. The summed E-state index contributed by atoms with van der Waals surface area (Å²) in [5.74, 6) is 2.13. The molecule has 2 amide bonds. The molecule has 3 rings (SSSR count). The van der Waals surface area contributed by atoms with Crippen molar-refractivity contribution >= 4 is 11.8 Å². The lowest BCUT2D eigenvalue weighted by Crippen LogP contribution is -2.50. The van der Waals surface area contributed by atoms with Crippen LogP contribution in [0.15, 0.2) is 24.3 Å². The first-order chi connectivity index (χ1) is 16.4. The van der Waals surface area contributed by atoms with Crippen LogP contribution in [-0.4, -0.2) is 76.2 Å². The van der Waals surface area contributed by atoms with Gasteiger partial charge in [-0.3, -0.25) is 9.59 Å². The smallest absolute Gasteiger partial charge is 0.254 e. The Bertz CT molecular complexity index is 961. The van der Waals surface area contributed by atoms with Crippen molar-refractivity contribution in [3.05, 3.63) is 46.5 Å². The van der Waals surface area contributed by atoms with Crippen LogP contribution in [0.2, 0.25) is 0 Å². The quantitative estimate of drug-likeness (QED) is 0.588. The number of hydrogen-bond donors (Lipinski definition) is 0. The summed E-state index contributed by atoms with van der Waals surface area (Å²) in [6, 6.07) is 7.20. The van der Waals surface area contributed by atoms with Crippen molar-refractivity contribution in [1.82, 2.24) is 9.80 Å². The van der Waals surface area contributed by atoms with E-state index in [9.17, 15) is 9.59 Å². The van der Waals surface area contributed by atoms with Gasteiger partial charge in [0.05, 0.1) is 28.4 Å². The van der Waals surface area contributed by atoms with Crippen LogP contribution < -0.4 is 18.9 Å². The van der Waals surface area contributed by atoms with Crippen molar-refractivity contribution in [1.29, 1.82) is 0 Å². The van der Waals surface area contributed by atoms with Gasteiger partial charge in [0.2, 0.25) is 0 Å². The Labute approximate surface area is 201 Å². The zero-order valence-electron chi connectivity index (χ0n) is 20.9. The topological polar surface area (TPSA) is 77.5 Å². The number of ether oxygens (including phenoxy) is 4. The molecule has 0 aliphatic carbocycles. The number of amides is 2. The van der Waals surface area contributed by atoms with Crippen LogP contribution in [0.25, 0.3) is 0 Å². The molecule has 0 bridgehead atoms. The number of piperazine rings is 1. The second kappa shape index (κ2) is 11.1. The Morgan fingerprint density at radius 2 is 0.912 bits per heavy atom. The van der Waals surface area contributed by atoms with Gasteiger partial charge in [-0.05, 0) is 48.2 Å². The van der Waals surface area contributed by atoms with Crippen molar-refractivity contribution < 1.29 is 28.5 Å². The summed E-state index contributed by atoms with van der Waals surface area (Å²) in [4.78, 5) is 30.3. The molecule has 2 aromatic rings. The molecular formula is C26H34N2O6. The third-order valence-corrected chi connectivity index (χ3v) is 6.30. The molecule has 0 radical (unpaired) electrons.